The average Bonchev–Trinajstić information content (AvgIpc) is 2.50. The molecule has 0 amide bonds. The van der Waals surface area contributed by atoms with Crippen LogP contribution in [0.2, 0.25) is 0 Å². The highest BCUT2D eigenvalue weighted by atomic mass is 79.9. The molecule has 0 fully saturated rings. The molecule has 0 heterocycles. The van der Waals surface area contributed by atoms with Crippen molar-refractivity contribution in [3.8, 4) is 0 Å². The van der Waals surface area contributed by atoms with Crippen LogP contribution in [0, 0.1) is 0 Å². The van der Waals surface area contributed by atoms with Crippen molar-refractivity contribution in [2.24, 2.45) is 0 Å². The van der Waals surface area contributed by atoms with E-state index in [9.17, 15) is 9.59 Å². The van der Waals surface area contributed by atoms with Crippen LogP contribution in [-0.4, -0.2) is 23.4 Å². The quantitative estimate of drug-likeness (QED) is 0.763. The van der Waals surface area contributed by atoms with Gasteiger partial charge in [-0.05, 0) is 42.8 Å². The maximum atomic E-state index is 12.5. The summed E-state index contributed by atoms with van der Waals surface area (Å²) in [5.41, 5.74) is 2.07. The van der Waals surface area contributed by atoms with Gasteiger partial charge in [0.15, 0.2) is 5.78 Å². The summed E-state index contributed by atoms with van der Waals surface area (Å²) < 4.78 is 0.949. The highest BCUT2D eigenvalue weighted by Gasteiger charge is 2.15. The molecule has 4 nitrogen and oxygen atoms in total. The van der Waals surface area contributed by atoms with Crippen LogP contribution < -0.4 is 5.32 Å². The number of carboxylic acids is 1. The van der Waals surface area contributed by atoms with E-state index < -0.39 is 5.97 Å². The minimum absolute atomic E-state index is 0.110. The van der Waals surface area contributed by atoms with Crippen LogP contribution in [0.3, 0.4) is 0 Å². The fraction of sp³-hybridized carbons (Fsp3) is 0.176. The van der Waals surface area contributed by atoms with Gasteiger partial charge in [-0.3, -0.25) is 4.79 Å². The average molecular weight is 362 g/mol. The van der Waals surface area contributed by atoms with Crippen molar-refractivity contribution in [2.75, 3.05) is 11.9 Å². The van der Waals surface area contributed by atoms with E-state index in [0.29, 0.717) is 17.8 Å². The Morgan fingerprint density at radius 3 is 2.41 bits per heavy atom. The van der Waals surface area contributed by atoms with Crippen molar-refractivity contribution in [3.05, 3.63) is 63.6 Å². The third-order valence-electron chi connectivity index (χ3n) is 3.21. The van der Waals surface area contributed by atoms with Crippen LogP contribution in [0.5, 0.6) is 0 Å². The molecule has 0 spiro atoms. The van der Waals surface area contributed by atoms with E-state index in [1.54, 1.807) is 6.07 Å². The summed E-state index contributed by atoms with van der Waals surface area (Å²) in [6.07, 6.45) is 0.231. The zero-order chi connectivity index (χ0) is 16.1. The number of hydrogen-bond acceptors (Lipinski definition) is 3. The monoisotopic (exact) mass is 361 g/mol. The predicted octanol–water partition coefficient (Wildman–Crippen LogP) is 4.00. The number of Topliss-reactive ketones (excluding diaryl/α,β-unsaturated/α-hetero) is 1. The molecule has 22 heavy (non-hydrogen) atoms. The van der Waals surface area contributed by atoms with Gasteiger partial charge in [-0.15, -0.1) is 0 Å². The molecule has 5 heteroatoms. The number of carbonyl (C=O) groups is 2. The molecule has 2 aromatic carbocycles. The summed E-state index contributed by atoms with van der Waals surface area (Å²) in [6.45, 7) is 2.58. The molecule has 0 aliphatic carbocycles. The van der Waals surface area contributed by atoms with E-state index in [-0.39, 0.29) is 17.8 Å². The number of carboxylic acid groups (broad SMARTS) is 1. The van der Waals surface area contributed by atoms with E-state index in [1.165, 1.54) is 12.1 Å². The first kappa shape index (κ1) is 16.2. The molecule has 0 atom stereocenters. The van der Waals surface area contributed by atoms with E-state index in [0.717, 1.165) is 10.0 Å². The molecule has 2 rings (SSSR count). The van der Waals surface area contributed by atoms with Crippen LogP contribution in [0.15, 0.2) is 46.9 Å². The van der Waals surface area contributed by atoms with Gasteiger partial charge in [0.05, 0.1) is 5.56 Å². The lowest BCUT2D eigenvalue weighted by molar-refractivity contribution is 0.0697. The van der Waals surface area contributed by atoms with Crippen LogP contribution >= 0.6 is 15.9 Å². The van der Waals surface area contributed by atoms with Crippen molar-refractivity contribution < 1.29 is 14.7 Å². The van der Waals surface area contributed by atoms with Gasteiger partial charge in [0.1, 0.15) is 0 Å². The minimum Gasteiger partial charge on any atom is -0.478 e. The fourth-order valence-electron chi connectivity index (χ4n) is 2.14. The Hall–Kier alpha value is -2.14. The van der Waals surface area contributed by atoms with E-state index >= 15 is 0 Å². The zero-order valence-electron chi connectivity index (χ0n) is 12.1. The van der Waals surface area contributed by atoms with Crippen LogP contribution in [0.1, 0.15) is 33.2 Å². The Morgan fingerprint density at radius 1 is 1.14 bits per heavy atom. The van der Waals surface area contributed by atoms with E-state index in [4.69, 9.17) is 5.11 Å². The highest BCUT2D eigenvalue weighted by molar-refractivity contribution is 9.10. The number of benzene rings is 2. The Labute approximate surface area is 137 Å². The molecule has 2 N–H and O–H groups in total. The lowest BCUT2D eigenvalue weighted by Crippen LogP contribution is -2.11. The first-order chi connectivity index (χ1) is 10.5. The summed E-state index contributed by atoms with van der Waals surface area (Å²) in [6, 6.07) is 12.1. The molecule has 0 aliphatic rings. The molecule has 0 saturated carbocycles. The number of halogens is 1. The molecule has 0 aromatic heterocycles. The zero-order valence-corrected chi connectivity index (χ0v) is 13.7. The van der Waals surface area contributed by atoms with Crippen LogP contribution in [0.4, 0.5) is 5.69 Å². The number of nitrogens with one attached hydrogen (secondary N) is 1. The van der Waals surface area contributed by atoms with E-state index in [2.05, 4.69) is 21.2 Å². The Balaban J connectivity index is 2.31. The number of rotatable bonds is 6. The molecular formula is C17H16BrNO3. The third-order valence-corrected chi connectivity index (χ3v) is 3.74. The van der Waals surface area contributed by atoms with Gasteiger partial charge in [0, 0.05) is 28.7 Å². The summed E-state index contributed by atoms with van der Waals surface area (Å²) in [5.74, 6) is -1.15. The highest BCUT2D eigenvalue weighted by Crippen LogP contribution is 2.21. The maximum absolute atomic E-state index is 12.5. The van der Waals surface area contributed by atoms with Crippen LogP contribution in [0.25, 0.3) is 0 Å². The second-order valence-electron chi connectivity index (χ2n) is 4.82. The normalized spacial score (nSPS) is 10.3. The molecular weight excluding hydrogens is 346 g/mol. The summed E-state index contributed by atoms with van der Waals surface area (Å²) >= 11 is 3.35. The molecule has 0 bridgehead atoms. The van der Waals surface area contributed by atoms with Gasteiger partial charge < -0.3 is 10.4 Å². The van der Waals surface area contributed by atoms with Gasteiger partial charge >= 0.3 is 5.97 Å². The molecule has 2 aromatic rings. The maximum Gasteiger partial charge on any atom is 0.335 e. The molecule has 0 saturated heterocycles. The van der Waals surface area contributed by atoms with Gasteiger partial charge in [0.2, 0.25) is 0 Å². The van der Waals surface area contributed by atoms with Crippen molar-refractivity contribution in [1.82, 2.24) is 0 Å². The lowest BCUT2D eigenvalue weighted by Gasteiger charge is -2.11. The lowest BCUT2D eigenvalue weighted by atomic mass is 9.99. The largest absolute Gasteiger partial charge is 0.478 e. The van der Waals surface area contributed by atoms with Gasteiger partial charge in [-0.1, -0.05) is 28.1 Å². The fourth-order valence-corrected chi connectivity index (χ4v) is 2.40. The van der Waals surface area contributed by atoms with Crippen molar-refractivity contribution >= 4 is 33.4 Å². The topological polar surface area (TPSA) is 66.4 Å². The first-order valence-corrected chi connectivity index (χ1v) is 7.69. The van der Waals surface area contributed by atoms with Crippen molar-refractivity contribution in [3.63, 3.8) is 0 Å². The molecule has 0 radical (unpaired) electrons. The number of aromatic carboxylic acids is 1. The van der Waals surface area contributed by atoms with Gasteiger partial charge in [-0.2, -0.15) is 0 Å². The number of carbonyl (C=O) groups excluding carboxylic acids is 1. The van der Waals surface area contributed by atoms with Gasteiger partial charge in [-0.25, -0.2) is 4.79 Å². The van der Waals surface area contributed by atoms with Crippen molar-refractivity contribution in [2.45, 2.75) is 13.3 Å². The number of anilines is 1. The molecule has 0 aliphatic heterocycles. The Kier molecular flexibility index (Phi) is 5.33. The standard InChI is InChI=1S/C17H16BrNO3/c1-2-19-15-8-5-12(17(21)22)10-14(15)16(20)9-11-3-6-13(18)7-4-11/h3-8,10,19H,2,9H2,1H3,(H,21,22). The Morgan fingerprint density at radius 2 is 1.82 bits per heavy atom. The number of hydrogen-bond donors (Lipinski definition) is 2. The second-order valence-corrected chi connectivity index (χ2v) is 5.74. The summed E-state index contributed by atoms with van der Waals surface area (Å²) in [5, 5.41) is 12.2. The van der Waals surface area contributed by atoms with Gasteiger partial charge in [0.25, 0.3) is 0 Å². The second kappa shape index (κ2) is 7.22. The van der Waals surface area contributed by atoms with E-state index in [1.807, 2.05) is 31.2 Å². The van der Waals surface area contributed by atoms with Crippen molar-refractivity contribution in [1.29, 1.82) is 0 Å². The Bertz CT molecular complexity index is 696. The number of ketones is 1. The first-order valence-electron chi connectivity index (χ1n) is 6.90. The SMILES string of the molecule is CCNc1ccc(C(=O)O)cc1C(=O)Cc1ccc(Br)cc1. The predicted molar refractivity (Wildman–Crippen MR) is 89.7 cm³/mol. The summed E-state index contributed by atoms with van der Waals surface area (Å²) in [7, 11) is 0. The van der Waals surface area contributed by atoms with Crippen LogP contribution in [-0.2, 0) is 6.42 Å². The molecule has 114 valence electrons. The third kappa shape index (κ3) is 3.95. The smallest absolute Gasteiger partial charge is 0.335 e. The molecule has 0 unspecified atom stereocenters. The minimum atomic E-state index is -1.04. The summed E-state index contributed by atoms with van der Waals surface area (Å²) in [4.78, 5) is 23.6.